The van der Waals surface area contributed by atoms with Gasteiger partial charge in [0.1, 0.15) is 5.75 Å². The maximum Gasteiger partial charge on any atom is 0.129 e. The first-order valence-corrected chi connectivity index (χ1v) is 8.21. The molecule has 1 aromatic heterocycles. The van der Waals surface area contributed by atoms with Gasteiger partial charge in [0, 0.05) is 24.7 Å². The molecule has 0 saturated carbocycles. The van der Waals surface area contributed by atoms with Crippen LogP contribution in [-0.4, -0.2) is 35.2 Å². The number of fused-ring (bicyclic) bond motifs is 1. The first-order valence-electron chi connectivity index (χ1n) is 8.21. The van der Waals surface area contributed by atoms with Crippen molar-refractivity contribution in [2.24, 2.45) is 0 Å². The Hall–Kier alpha value is -1.48. The molecule has 1 aromatic carbocycles. The lowest BCUT2D eigenvalue weighted by Crippen LogP contribution is -2.32. The number of hydrogen-bond acceptors (Lipinski definition) is 2. The first-order chi connectivity index (χ1) is 10.2. The van der Waals surface area contributed by atoms with E-state index in [1.54, 1.807) is 0 Å². The molecule has 1 fully saturated rings. The molecule has 3 rings (SSSR count). The molecule has 0 radical (unpaired) electrons. The van der Waals surface area contributed by atoms with Gasteiger partial charge in [0.25, 0.3) is 0 Å². The van der Waals surface area contributed by atoms with Crippen molar-refractivity contribution in [2.75, 3.05) is 19.6 Å². The van der Waals surface area contributed by atoms with Crippen LogP contribution in [0.15, 0.2) is 30.5 Å². The summed E-state index contributed by atoms with van der Waals surface area (Å²) in [5.41, 5.74) is 1.28. The third-order valence-corrected chi connectivity index (χ3v) is 4.24. The molecule has 0 atom stereocenters. The zero-order valence-corrected chi connectivity index (χ0v) is 13.2. The minimum atomic E-state index is 0.215. The summed E-state index contributed by atoms with van der Waals surface area (Å²) in [5.74, 6) is 0.999. The molecular weight excluding hydrogens is 260 g/mol. The molecule has 0 unspecified atom stereocenters. The molecule has 114 valence electrons. The molecule has 0 bridgehead atoms. The van der Waals surface area contributed by atoms with Crippen molar-refractivity contribution in [1.29, 1.82) is 0 Å². The minimum Gasteiger partial charge on any atom is -0.490 e. The van der Waals surface area contributed by atoms with Crippen molar-refractivity contribution < 1.29 is 4.74 Å². The Bertz CT molecular complexity index is 582. The Morgan fingerprint density at radius 3 is 2.62 bits per heavy atom. The second-order valence-electron chi connectivity index (χ2n) is 6.27. The fourth-order valence-electron chi connectivity index (χ4n) is 3.18. The molecule has 0 spiro atoms. The van der Waals surface area contributed by atoms with Gasteiger partial charge in [-0.15, -0.1) is 0 Å². The van der Waals surface area contributed by atoms with Crippen LogP contribution in [0.4, 0.5) is 0 Å². The van der Waals surface area contributed by atoms with E-state index >= 15 is 0 Å². The third kappa shape index (κ3) is 3.41. The van der Waals surface area contributed by atoms with Crippen LogP contribution in [0.3, 0.4) is 0 Å². The summed E-state index contributed by atoms with van der Waals surface area (Å²) < 4.78 is 8.27. The van der Waals surface area contributed by atoms with E-state index in [0.29, 0.717) is 0 Å². The lowest BCUT2D eigenvalue weighted by molar-refractivity contribution is 0.221. The molecule has 3 nitrogen and oxygen atoms in total. The number of benzene rings is 1. The molecule has 21 heavy (non-hydrogen) atoms. The smallest absolute Gasteiger partial charge is 0.129 e. The maximum absolute atomic E-state index is 5.91. The highest BCUT2D eigenvalue weighted by molar-refractivity contribution is 5.86. The number of nitrogens with zero attached hydrogens (tertiary/aromatic N) is 2. The quantitative estimate of drug-likeness (QED) is 0.829. The molecule has 2 heterocycles. The Morgan fingerprint density at radius 2 is 1.86 bits per heavy atom. The molecule has 2 aromatic rings. The summed E-state index contributed by atoms with van der Waals surface area (Å²) in [6.45, 7) is 8.90. The average molecular weight is 286 g/mol. The van der Waals surface area contributed by atoms with Crippen molar-refractivity contribution in [3.63, 3.8) is 0 Å². The number of aromatic nitrogens is 1. The van der Waals surface area contributed by atoms with Crippen LogP contribution in [0.5, 0.6) is 5.75 Å². The van der Waals surface area contributed by atoms with Crippen molar-refractivity contribution in [2.45, 2.75) is 45.8 Å². The minimum absolute atomic E-state index is 0.215. The number of likely N-dealkylation sites (tertiary alicyclic amines) is 1. The van der Waals surface area contributed by atoms with E-state index in [2.05, 4.69) is 53.8 Å². The third-order valence-electron chi connectivity index (χ3n) is 4.24. The van der Waals surface area contributed by atoms with E-state index in [1.165, 1.54) is 43.3 Å². The molecule has 3 heteroatoms. The predicted molar refractivity (Wildman–Crippen MR) is 88.0 cm³/mol. The number of rotatable bonds is 5. The monoisotopic (exact) mass is 286 g/mol. The van der Waals surface area contributed by atoms with E-state index < -0.39 is 0 Å². The number of hydrogen-bond donors (Lipinski definition) is 0. The molecular formula is C18H26N2O. The van der Waals surface area contributed by atoms with Gasteiger partial charge in [-0.3, -0.25) is 0 Å². The van der Waals surface area contributed by atoms with Crippen LogP contribution in [0.1, 0.15) is 33.1 Å². The van der Waals surface area contributed by atoms with Crippen LogP contribution < -0.4 is 4.74 Å². The standard InChI is InChI=1S/C18H26N2O/c1-15(2)21-18-8-6-7-17-16(18)9-12-20(17)14-13-19-10-4-3-5-11-19/h6-9,12,15H,3-5,10-11,13-14H2,1-2H3. The summed E-state index contributed by atoms with van der Waals surface area (Å²) in [6, 6.07) is 8.54. The predicted octanol–water partition coefficient (Wildman–Crippen LogP) is 3.91. The van der Waals surface area contributed by atoms with Gasteiger partial charge in [0.05, 0.1) is 11.6 Å². The van der Waals surface area contributed by atoms with Gasteiger partial charge in [-0.1, -0.05) is 12.5 Å². The summed E-state index contributed by atoms with van der Waals surface area (Å²) in [5, 5.41) is 1.23. The zero-order valence-electron chi connectivity index (χ0n) is 13.2. The Kier molecular flexibility index (Phi) is 4.49. The largest absolute Gasteiger partial charge is 0.490 e. The van der Waals surface area contributed by atoms with Crippen LogP contribution in [0.2, 0.25) is 0 Å². The molecule has 1 aliphatic rings. The SMILES string of the molecule is CC(C)Oc1cccc2c1ccn2CCN1CCCCC1. The summed E-state index contributed by atoms with van der Waals surface area (Å²) in [4.78, 5) is 2.59. The van der Waals surface area contributed by atoms with Crippen molar-refractivity contribution in [3.8, 4) is 5.75 Å². The Labute approximate surface area is 127 Å². The fraction of sp³-hybridized carbons (Fsp3) is 0.556. The molecule has 0 N–H and O–H groups in total. The van der Waals surface area contributed by atoms with Crippen LogP contribution >= 0.6 is 0 Å². The molecule has 1 saturated heterocycles. The highest BCUT2D eigenvalue weighted by Gasteiger charge is 2.11. The molecule has 1 aliphatic heterocycles. The lowest BCUT2D eigenvalue weighted by atomic mass is 10.1. The van der Waals surface area contributed by atoms with Gasteiger partial charge in [-0.05, 0) is 58.0 Å². The number of ether oxygens (including phenoxy) is 1. The number of piperidine rings is 1. The second kappa shape index (κ2) is 6.52. The maximum atomic E-state index is 5.91. The van der Waals surface area contributed by atoms with E-state index in [0.717, 1.165) is 18.8 Å². The average Bonchev–Trinajstić information content (AvgIpc) is 2.90. The van der Waals surface area contributed by atoms with E-state index in [4.69, 9.17) is 4.74 Å². The summed E-state index contributed by atoms with van der Waals surface area (Å²) in [7, 11) is 0. The Balaban J connectivity index is 1.73. The molecule has 0 aliphatic carbocycles. The van der Waals surface area contributed by atoms with Crippen molar-refractivity contribution >= 4 is 10.9 Å². The van der Waals surface area contributed by atoms with Gasteiger partial charge in [0.15, 0.2) is 0 Å². The fourth-order valence-corrected chi connectivity index (χ4v) is 3.18. The van der Waals surface area contributed by atoms with E-state index in [1.807, 2.05) is 0 Å². The van der Waals surface area contributed by atoms with Crippen molar-refractivity contribution in [3.05, 3.63) is 30.5 Å². The lowest BCUT2D eigenvalue weighted by Gasteiger charge is -2.26. The zero-order chi connectivity index (χ0) is 14.7. The highest BCUT2D eigenvalue weighted by atomic mass is 16.5. The normalized spacial score (nSPS) is 16.7. The highest BCUT2D eigenvalue weighted by Crippen LogP contribution is 2.27. The van der Waals surface area contributed by atoms with Gasteiger partial charge in [0.2, 0.25) is 0 Å². The van der Waals surface area contributed by atoms with Crippen LogP contribution in [0, 0.1) is 0 Å². The van der Waals surface area contributed by atoms with E-state index in [-0.39, 0.29) is 6.10 Å². The van der Waals surface area contributed by atoms with Gasteiger partial charge in [-0.2, -0.15) is 0 Å². The Morgan fingerprint density at radius 1 is 1.05 bits per heavy atom. The van der Waals surface area contributed by atoms with E-state index in [9.17, 15) is 0 Å². The van der Waals surface area contributed by atoms with Crippen molar-refractivity contribution in [1.82, 2.24) is 9.47 Å². The van der Waals surface area contributed by atoms with Crippen LogP contribution in [-0.2, 0) is 6.54 Å². The second-order valence-corrected chi connectivity index (χ2v) is 6.27. The van der Waals surface area contributed by atoms with Gasteiger partial charge >= 0.3 is 0 Å². The molecule has 0 amide bonds. The van der Waals surface area contributed by atoms with Gasteiger partial charge in [-0.25, -0.2) is 0 Å². The summed E-state index contributed by atoms with van der Waals surface area (Å²) in [6.07, 6.45) is 6.53. The van der Waals surface area contributed by atoms with Crippen LogP contribution in [0.25, 0.3) is 10.9 Å². The van der Waals surface area contributed by atoms with Gasteiger partial charge < -0.3 is 14.2 Å². The summed E-state index contributed by atoms with van der Waals surface area (Å²) >= 11 is 0. The first kappa shape index (κ1) is 14.5. The topological polar surface area (TPSA) is 17.4 Å².